The number of aromatic nitrogens is 2. The summed E-state index contributed by atoms with van der Waals surface area (Å²) in [6, 6.07) is 3.12. The van der Waals surface area contributed by atoms with E-state index in [-0.39, 0.29) is 5.02 Å². The Labute approximate surface area is 134 Å². The number of fused-ring (bicyclic) bond motifs is 1. The van der Waals surface area contributed by atoms with Crippen LogP contribution in [0.3, 0.4) is 0 Å². The van der Waals surface area contributed by atoms with Gasteiger partial charge in [0.2, 0.25) is 0 Å². The van der Waals surface area contributed by atoms with Crippen LogP contribution in [0.4, 0.5) is 4.39 Å². The molecule has 0 aliphatic heterocycles. The summed E-state index contributed by atoms with van der Waals surface area (Å²) in [6.45, 7) is 0.935. The molecule has 1 aromatic heterocycles. The van der Waals surface area contributed by atoms with Gasteiger partial charge in [-0.2, -0.15) is 0 Å². The number of alkyl halides is 1. The molecular weight excluding hydrogens is 310 g/mol. The molecule has 0 N–H and O–H groups in total. The molecule has 2 aromatic rings. The molecule has 5 heteroatoms. The normalized spacial score (nSPS) is 16.7. The van der Waals surface area contributed by atoms with E-state index in [4.69, 9.17) is 23.2 Å². The van der Waals surface area contributed by atoms with Gasteiger partial charge in [0.1, 0.15) is 11.6 Å². The highest BCUT2D eigenvalue weighted by atomic mass is 35.5. The fourth-order valence-electron chi connectivity index (χ4n) is 3.28. The molecule has 1 heterocycles. The summed E-state index contributed by atoms with van der Waals surface area (Å²) < 4.78 is 15.8. The van der Waals surface area contributed by atoms with Crippen molar-refractivity contribution in [1.29, 1.82) is 0 Å². The number of benzene rings is 1. The lowest BCUT2D eigenvalue weighted by Crippen LogP contribution is -2.16. The predicted molar refractivity (Wildman–Crippen MR) is 85.7 cm³/mol. The Morgan fingerprint density at radius 3 is 2.71 bits per heavy atom. The van der Waals surface area contributed by atoms with E-state index in [1.807, 2.05) is 0 Å². The Morgan fingerprint density at radius 1 is 1.24 bits per heavy atom. The summed E-state index contributed by atoms with van der Waals surface area (Å²) in [4.78, 5) is 4.55. The van der Waals surface area contributed by atoms with Crippen LogP contribution >= 0.6 is 23.2 Å². The zero-order valence-corrected chi connectivity index (χ0v) is 13.4. The number of hydrogen-bond donors (Lipinski definition) is 0. The van der Waals surface area contributed by atoms with Crippen molar-refractivity contribution in [3.05, 3.63) is 28.8 Å². The molecule has 0 radical (unpaired) electrons. The van der Waals surface area contributed by atoms with E-state index in [9.17, 15) is 4.39 Å². The lowest BCUT2D eigenvalue weighted by Gasteiger charge is -2.23. The first-order chi connectivity index (χ1) is 10.2. The molecular formula is C16H19Cl2FN2. The monoisotopic (exact) mass is 328 g/mol. The van der Waals surface area contributed by atoms with Crippen LogP contribution in [0.25, 0.3) is 11.0 Å². The van der Waals surface area contributed by atoms with Crippen LogP contribution in [0.1, 0.15) is 37.9 Å². The average Bonchev–Trinajstić information content (AvgIpc) is 2.79. The maximum absolute atomic E-state index is 13.6. The van der Waals surface area contributed by atoms with Crippen LogP contribution in [0.5, 0.6) is 0 Å². The van der Waals surface area contributed by atoms with Gasteiger partial charge in [0, 0.05) is 24.9 Å². The Bertz CT molecular complexity index is 633. The quantitative estimate of drug-likeness (QED) is 0.706. The zero-order chi connectivity index (χ0) is 14.8. The van der Waals surface area contributed by atoms with Gasteiger partial charge in [-0.05, 0) is 24.8 Å². The highest BCUT2D eigenvalue weighted by Crippen LogP contribution is 2.29. The van der Waals surface area contributed by atoms with Crippen molar-refractivity contribution in [2.24, 2.45) is 5.92 Å². The molecule has 114 valence electrons. The van der Waals surface area contributed by atoms with Crippen molar-refractivity contribution in [2.75, 3.05) is 5.88 Å². The number of halogens is 3. The highest BCUT2D eigenvalue weighted by molar-refractivity contribution is 6.31. The second-order valence-corrected chi connectivity index (χ2v) is 6.62. The number of rotatable bonds is 4. The maximum Gasteiger partial charge on any atom is 0.144 e. The van der Waals surface area contributed by atoms with Gasteiger partial charge in [-0.15, -0.1) is 11.6 Å². The van der Waals surface area contributed by atoms with Crippen molar-refractivity contribution >= 4 is 34.2 Å². The third-order valence-electron chi connectivity index (χ3n) is 4.35. The average molecular weight is 329 g/mol. The first kappa shape index (κ1) is 15.1. The van der Waals surface area contributed by atoms with Crippen LogP contribution in [0, 0.1) is 11.7 Å². The fraction of sp³-hybridized carbons (Fsp3) is 0.562. The van der Waals surface area contributed by atoms with Crippen LogP contribution in [0.15, 0.2) is 12.1 Å². The van der Waals surface area contributed by atoms with E-state index in [1.165, 1.54) is 38.2 Å². The van der Waals surface area contributed by atoms with Crippen molar-refractivity contribution in [2.45, 2.75) is 45.1 Å². The summed E-state index contributed by atoms with van der Waals surface area (Å²) >= 11 is 11.8. The Hall–Kier alpha value is -0.800. The van der Waals surface area contributed by atoms with E-state index in [2.05, 4.69) is 9.55 Å². The van der Waals surface area contributed by atoms with Crippen molar-refractivity contribution in [1.82, 2.24) is 9.55 Å². The molecule has 1 aliphatic rings. The lowest BCUT2D eigenvalue weighted by atomic mass is 9.89. The second kappa shape index (κ2) is 6.53. The molecule has 0 saturated heterocycles. The zero-order valence-electron chi connectivity index (χ0n) is 11.9. The molecule has 0 unspecified atom stereocenters. The minimum absolute atomic E-state index is 0.157. The maximum atomic E-state index is 13.6. The summed E-state index contributed by atoms with van der Waals surface area (Å²) in [5, 5.41) is 0.157. The van der Waals surface area contributed by atoms with Gasteiger partial charge in [0.25, 0.3) is 0 Å². The van der Waals surface area contributed by atoms with Crippen LogP contribution in [-0.4, -0.2) is 15.4 Å². The van der Waals surface area contributed by atoms with E-state index >= 15 is 0 Å². The van der Waals surface area contributed by atoms with Gasteiger partial charge in [-0.25, -0.2) is 9.37 Å². The predicted octanol–water partition coefficient (Wildman–Crippen LogP) is 5.19. The minimum atomic E-state index is -0.413. The first-order valence-corrected chi connectivity index (χ1v) is 8.50. The SMILES string of the molecule is Fc1cc2nc(CCCl)n(CC3CCCCC3)c2cc1Cl. The van der Waals surface area contributed by atoms with Crippen LogP contribution in [-0.2, 0) is 13.0 Å². The number of aryl methyl sites for hydroxylation is 1. The van der Waals surface area contributed by atoms with E-state index < -0.39 is 5.82 Å². The molecule has 0 spiro atoms. The van der Waals surface area contributed by atoms with Gasteiger partial charge < -0.3 is 4.57 Å². The van der Waals surface area contributed by atoms with Gasteiger partial charge in [-0.1, -0.05) is 30.9 Å². The number of nitrogens with zero attached hydrogens (tertiary/aromatic N) is 2. The summed E-state index contributed by atoms with van der Waals surface area (Å²) in [5.74, 6) is 1.72. The van der Waals surface area contributed by atoms with Gasteiger partial charge in [0.05, 0.1) is 16.1 Å². The molecule has 1 aromatic carbocycles. The largest absolute Gasteiger partial charge is 0.328 e. The highest BCUT2D eigenvalue weighted by Gasteiger charge is 2.19. The molecule has 1 saturated carbocycles. The van der Waals surface area contributed by atoms with Crippen LogP contribution in [0.2, 0.25) is 5.02 Å². The third-order valence-corrected chi connectivity index (χ3v) is 4.83. The third kappa shape index (κ3) is 3.19. The minimum Gasteiger partial charge on any atom is -0.328 e. The Morgan fingerprint density at radius 2 is 2.00 bits per heavy atom. The van der Waals surface area contributed by atoms with E-state index in [0.717, 1.165) is 17.9 Å². The van der Waals surface area contributed by atoms with Crippen molar-refractivity contribution < 1.29 is 4.39 Å². The van der Waals surface area contributed by atoms with Gasteiger partial charge in [0.15, 0.2) is 0 Å². The first-order valence-electron chi connectivity index (χ1n) is 7.59. The Kier molecular flexibility index (Phi) is 4.70. The summed E-state index contributed by atoms with van der Waals surface area (Å²) in [7, 11) is 0. The molecule has 1 fully saturated rings. The molecule has 2 nitrogen and oxygen atoms in total. The van der Waals surface area contributed by atoms with E-state index in [0.29, 0.717) is 23.7 Å². The fourth-order valence-corrected chi connectivity index (χ4v) is 3.60. The smallest absolute Gasteiger partial charge is 0.144 e. The number of imidazole rings is 1. The summed E-state index contributed by atoms with van der Waals surface area (Å²) in [5.41, 5.74) is 1.60. The molecule has 3 rings (SSSR count). The molecule has 0 atom stereocenters. The molecule has 21 heavy (non-hydrogen) atoms. The molecule has 0 bridgehead atoms. The van der Waals surface area contributed by atoms with Crippen molar-refractivity contribution in [3.8, 4) is 0 Å². The number of hydrogen-bond acceptors (Lipinski definition) is 1. The topological polar surface area (TPSA) is 17.8 Å². The second-order valence-electron chi connectivity index (χ2n) is 5.84. The van der Waals surface area contributed by atoms with Crippen molar-refractivity contribution in [3.63, 3.8) is 0 Å². The van der Waals surface area contributed by atoms with Crippen LogP contribution < -0.4 is 0 Å². The lowest BCUT2D eigenvalue weighted by molar-refractivity contribution is 0.319. The molecule has 1 aliphatic carbocycles. The standard InChI is InChI=1S/C16H19Cl2FN2/c17-7-6-16-20-14-9-13(19)12(18)8-15(14)21(16)10-11-4-2-1-3-5-11/h8-9,11H,1-7,10H2. The van der Waals surface area contributed by atoms with Gasteiger partial charge in [-0.3, -0.25) is 0 Å². The van der Waals surface area contributed by atoms with Gasteiger partial charge >= 0.3 is 0 Å². The Balaban J connectivity index is 2.00. The van der Waals surface area contributed by atoms with E-state index in [1.54, 1.807) is 6.07 Å². The summed E-state index contributed by atoms with van der Waals surface area (Å²) in [6.07, 6.45) is 7.16. The molecule has 0 amide bonds.